The molecule has 12 nitrogen and oxygen atoms in total. The number of hydrogen-bond acceptors (Lipinski definition) is 13. The number of nitrogens with zero attached hydrogens (tertiary/aromatic N) is 5. The number of anilines is 1. The number of ketones is 1. The summed E-state index contributed by atoms with van der Waals surface area (Å²) >= 11 is 1.41. The van der Waals surface area contributed by atoms with Crippen LogP contribution < -0.4 is 21.9 Å². The maximum atomic E-state index is 14.4. The van der Waals surface area contributed by atoms with E-state index in [0.717, 1.165) is 49.1 Å². The van der Waals surface area contributed by atoms with Gasteiger partial charge in [-0.25, -0.2) is 9.98 Å². The van der Waals surface area contributed by atoms with Crippen LogP contribution in [0.5, 0.6) is 5.88 Å². The average Bonchev–Trinajstić information content (AvgIpc) is 3.59. The van der Waals surface area contributed by atoms with Gasteiger partial charge in [0.1, 0.15) is 17.2 Å². The van der Waals surface area contributed by atoms with Gasteiger partial charge < -0.3 is 31.8 Å². The number of ether oxygens (including phenoxy) is 2. The zero-order valence-corrected chi connectivity index (χ0v) is 26.5. The molecule has 3 atom stereocenters. The molecule has 2 aromatic rings. The molecule has 1 spiro atoms. The number of carbonyl (C=O) groups excluding carboxylic acids is 1. The highest BCUT2D eigenvalue weighted by atomic mass is 32.1. The smallest absolute Gasteiger partial charge is 0.219 e. The molecule has 0 aromatic carbocycles. The van der Waals surface area contributed by atoms with Crippen molar-refractivity contribution in [1.82, 2.24) is 14.9 Å². The standard InChI is InChI=1S/C32H40N8O4S/c1-18(21-7-5-13-40(21)2)44-25-14-24(37-12-9-23(34)32(42)16-43-17-32)38-30(39-25)27(35)19-6-3-10-31(28(19)41)11-4-8-22-26(31)20(15-33)29(36)45-22/h9,12,14,18,21,42H,3-8,10-11,13,16-17,34-36H2,1-2H3/t18-,21-,31-/m0/s1. The molecule has 13 heteroatoms. The van der Waals surface area contributed by atoms with Crippen molar-refractivity contribution in [1.29, 1.82) is 5.26 Å². The van der Waals surface area contributed by atoms with Crippen molar-refractivity contribution in [3.63, 3.8) is 0 Å². The molecular formula is C32H40N8O4S. The first-order chi connectivity index (χ1) is 21.6. The molecule has 7 N–H and O–H groups in total. The van der Waals surface area contributed by atoms with Gasteiger partial charge in [0.25, 0.3) is 0 Å². The number of aliphatic imine (C=N–C) groups is 1. The molecule has 2 aromatic heterocycles. The number of rotatable bonds is 7. The van der Waals surface area contributed by atoms with E-state index in [0.29, 0.717) is 41.3 Å². The van der Waals surface area contributed by atoms with E-state index in [1.807, 2.05) is 6.92 Å². The first kappa shape index (κ1) is 31.2. The normalized spacial score (nSPS) is 26.8. The monoisotopic (exact) mass is 632 g/mol. The Morgan fingerprint density at radius 2 is 2.04 bits per heavy atom. The average molecular weight is 633 g/mol. The Morgan fingerprint density at radius 1 is 1.29 bits per heavy atom. The van der Waals surface area contributed by atoms with E-state index < -0.39 is 11.0 Å². The number of thiophene rings is 1. The van der Waals surface area contributed by atoms with E-state index in [2.05, 4.69) is 33.0 Å². The lowest BCUT2D eigenvalue weighted by atomic mass is 9.61. The summed E-state index contributed by atoms with van der Waals surface area (Å²) in [5.41, 5.74) is 19.1. The predicted octanol–water partition coefficient (Wildman–Crippen LogP) is 2.86. The number of carbonyl (C=O) groups is 1. The number of aromatic nitrogens is 2. The van der Waals surface area contributed by atoms with Crippen LogP contribution in [0.15, 0.2) is 28.4 Å². The molecule has 2 saturated heterocycles. The number of aliphatic hydroxyl groups is 1. The van der Waals surface area contributed by atoms with E-state index in [-0.39, 0.29) is 54.2 Å². The minimum absolute atomic E-state index is 0.0888. The van der Waals surface area contributed by atoms with Crippen molar-refractivity contribution in [2.45, 2.75) is 81.5 Å². The first-order valence-corrected chi connectivity index (χ1v) is 16.3. The minimum atomic E-state index is -1.20. The summed E-state index contributed by atoms with van der Waals surface area (Å²) in [4.78, 5) is 31.5. The Labute approximate surface area is 266 Å². The van der Waals surface area contributed by atoms with Gasteiger partial charge in [0.05, 0.1) is 29.9 Å². The van der Waals surface area contributed by atoms with Crippen molar-refractivity contribution in [3.05, 3.63) is 45.2 Å². The maximum absolute atomic E-state index is 14.4. The number of aryl methyl sites for hydroxylation is 1. The third kappa shape index (κ3) is 5.61. The van der Waals surface area contributed by atoms with Crippen molar-refractivity contribution in [2.75, 3.05) is 32.5 Å². The lowest BCUT2D eigenvalue weighted by molar-refractivity contribution is -0.154. The van der Waals surface area contributed by atoms with E-state index in [1.54, 1.807) is 6.07 Å². The van der Waals surface area contributed by atoms with Crippen LogP contribution in [0.4, 0.5) is 10.8 Å². The Morgan fingerprint density at radius 3 is 2.71 bits per heavy atom. The largest absolute Gasteiger partial charge is 0.473 e. The van der Waals surface area contributed by atoms with Gasteiger partial charge in [-0.2, -0.15) is 10.2 Å². The van der Waals surface area contributed by atoms with Gasteiger partial charge in [-0.3, -0.25) is 9.69 Å². The summed E-state index contributed by atoms with van der Waals surface area (Å²) in [5, 5.41) is 20.8. The fraction of sp³-hybridized carbons (Fsp3) is 0.531. The molecular weight excluding hydrogens is 592 g/mol. The van der Waals surface area contributed by atoms with Gasteiger partial charge in [0.2, 0.25) is 5.88 Å². The molecule has 2 aliphatic carbocycles. The molecule has 4 aliphatic rings. The minimum Gasteiger partial charge on any atom is -0.473 e. The highest BCUT2D eigenvalue weighted by Crippen LogP contribution is 2.52. The number of Topliss-reactive ketones (excluding diaryl/α,β-unsaturated/α-hetero) is 1. The summed E-state index contributed by atoms with van der Waals surface area (Å²) in [6.07, 6.45) is 9.02. The number of allylic oxidation sites excluding steroid dienone is 2. The second kappa shape index (κ2) is 12.2. The van der Waals surface area contributed by atoms with Crippen molar-refractivity contribution in [3.8, 4) is 11.9 Å². The summed E-state index contributed by atoms with van der Waals surface area (Å²) in [7, 11) is 2.08. The molecule has 6 rings (SSSR count). The number of nitriles is 1. The summed E-state index contributed by atoms with van der Waals surface area (Å²) < 4.78 is 11.4. The predicted molar refractivity (Wildman–Crippen MR) is 172 cm³/mol. The third-order valence-corrected chi connectivity index (χ3v) is 10.8. The van der Waals surface area contributed by atoms with E-state index in [9.17, 15) is 15.2 Å². The summed E-state index contributed by atoms with van der Waals surface area (Å²) in [6.45, 7) is 3.27. The second-order valence-corrected chi connectivity index (χ2v) is 13.7. The number of nitrogens with two attached hydrogens (primary N) is 3. The Hall–Kier alpha value is -3.83. The highest BCUT2D eigenvalue weighted by molar-refractivity contribution is 7.16. The number of fused-ring (bicyclic) bond motifs is 2. The fourth-order valence-corrected chi connectivity index (χ4v) is 8.35. The zero-order valence-electron chi connectivity index (χ0n) is 25.7. The SMILES string of the molecule is C[C@H](Oc1cc(N=CC=C(N)C2(O)COC2)nc(C(N)=C2CCC[C@@]3(CCCc4sc(N)c(C#N)c43)C2=O)n1)[C@@H]1CCCN1C. The molecule has 0 bridgehead atoms. The van der Waals surface area contributed by atoms with Crippen LogP contribution in [0.3, 0.4) is 0 Å². The van der Waals surface area contributed by atoms with Crippen LogP contribution in [0.2, 0.25) is 0 Å². The van der Waals surface area contributed by atoms with Gasteiger partial charge in [-0.15, -0.1) is 11.3 Å². The quantitative estimate of drug-likeness (QED) is 0.258. The highest BCUT2D eigenvalue weighted by Gasteiger charge is 2.49. The molecule has 0 radical (unpaired) electrons. The first-order valence-electron chi connectivity index (χ1n) is 15.5. The number of nitrogen functional groups attached to an aromatic ring is 1. The number of likely N-dealkylation sites (tertiary alicyclic amines) is 1. The van der Waals surface area contributed by atoms with E-state index in [4.69, 9.17) is 26.7 Å². The van der Waals surface area contributed by atoms with Gasteiger partial charge in [0, 0.05) is 34.5 Å². The van der Waals surface area contributed by atoms with Crippen LogP contribution >= 0.6 is 11.3 Å². The van der Waals surface area contributed by atoms with Gasteiger partial charge >= 0.3 is 0 Å². The van der Waals surface area contributed by atoms with Crippen molar-refractivity contribution in [2.24, 2.45) is 16.5 Å². The van der Waals surface area contributed by atoms with Crippen LogP contribution in [-0.2, 0) is 21.4 Å². The molecule has 0 amide bonds. The van der Waals surface area contributed by atoms with E-state index >= 15 is 0 Å². The maximum Gasteiger partial charge on any atom is 0.219 e. The molecule has 238 valence electrons. The molecule has 0 unspecified atom stereocenters. The van der Waals surface area contributed by atoms with Gasteiger partial charge in [-0.1, -0.05) is 0 Å². The molecule has 3 fully saturated rings. The Kier molecular flexibility index (Phi) is 8.43. The lowest BCUT2D eigenvalue weighted by Gasteiger charge is -2.40. The summed E-state index contributed by atoms with van der Waals surface area (Å²) in [5.74, 6) is 0.619. The second-order valence-electron chi connectivity index (χ2n) is 12.6. The lowest BCUT2D eigenvalue weighted by Crippen LogP contribution is -2.53. The number of hydrogen-bond donors (Lipinski definition) is 4. The van der Waals surface area contributed by atoms with Crippen LogP contribution in [0, 0.1) is 11.3 Å². The topological polar surface area (TPSA) is 199 Å². The van der Waals surface area contributed by atoms with Crippen molar-refractivity contribution >= 4 is 39.9 Å². The van der Waals surface area contributed by atoms with E-state index in [1.165, 1.54) is 23.6 Å². The molecule has 2 aliphatic heterocycles. The Bertz CT molecular complexity index is 1640. The third-order valence-electron chi connectivity index (χ3n) is 9.71. The van der Waals surface area contributed by atoms with Gasteiger partial charge in [-0.05, 0) is 83.5 Å². The van der Waals surface area contributed by atoms with Crippen LogP contribution in [0.25, 0.3) is 5.70 Å². The molecule has 1 saturated carbocycles. The van der Waals surface area contributed by atoms with Crippen LogP contribution in [0.1, 0.15) is 73.7 Å². The molecule has 45 heavy (non-hydrogen) atoms. The summed E-state index contributed by atoms with van der Waals surface area (Å²) in [6, 6.07) is 4.12. The van der Waals surface area contributed by atoms with Gasteiger partial charge in [0.15, 0.2) is 23.0 Å². The molecule has 4 heterocycles. The van der Waals surface area contributed by atoms with Crippen LogP contribution in [-0.4, -0.2) is 76.5 Å². The number of likely N-dealkylation sites (N-methyl/N-ethyl adjacent to an activating group) is 1. The fourth-order valence-electron chi connectivity index (χ4n) is 7.19. The van der Waals surface area contributed by atoms with Crippen molar-refractivity contribution < 1.29 is 19.4 Å². The zero-order chi connectivity index (χ0) is 31.9. The Balaban J connectivity index is 1.38.